The number of piperazine rings is 1. The highest BCUT2D eigenvalue weighted by Crippen LogP contribution is 2.45. The third-order valence-corrected chi connectivity index (χ3v) is 15.4. The summed E-state index contributed by atoms with van der Waals surface area (Å²) in [6, 6.07) is 19.9. The molecule has 1 amide bonds. The molecule has 0 radical (unpaired) electrons. The molecule has 1 saturated heterocycles. The van der Waals surface area contributed by atoms with Gasteiger partial charge in [0.1, 0.15) is 35.1 Å². The predicted octanol–water partition coefficient (Wildman–Crippen LogP) is 8.62. The second kappa shape index (κ2) is 17.4. The number of H-pyrrole nitrogens is 1. The molecule has 5 aromatic rings. The number of rotatable bonds is 13. The second-order valence-corrected chi connectivity index (χ2v) is 20.2. The highest BCUT2D eigenvalue weighted by Gasteiger charge is 2.49. The molecule has 0 bridgehead atoms. The molecule has 0 spiro atoms. The Morgan fingerprint density at radius 2 is 1.77 bits per heavy atom. The van der Waals surface area contributed by atoms with Gasteiger partial charge in [-0.1, -0.05) is 43.2 Å². The summed E-state index contributed by atoms with van der Waals surface area (Å²) in [6.07, 6.45) is 8.43. The summed E-state index contributed by atoms with van der Waals surface area (Å²) in [6.45, 7) is 6.34. The van der Waals surface area contributed by atoms with Crippen molar-refractivity contribution in [1.82, 2.24) is 18.8 Å². The van der Waals surface area contributed by atoms with E-state index >= 15 is 8.42 Å². The number of hydrogen-bond acceptors (Lipinski definition) is 10. The molecule has 2 aliphatic carbocycles. The first kappa shape index (κ1) is 43.3. The Hall–Kier alpha value is -5.32. The number of amides is 1. The molecule has 3 aromatic carbocycles. The molecule has 4 N–H and O–H groups in total. The number of allylic oxidation sites excluding steroid dienone is 1. The van der Waals surface area contributed by atoms with E-state index in [4.69, 9.17) is 26.8 Å². The summed E-state index contributed by atoms with van der Waals surface area (Å²) in [4.78, 5) is 34.1. The first-order valence-electron chi connectivity index (χ1n) is 21.1. The van der Waals surface area contributed by atoms with Crippen LogP contribution in [-0.2, 0) is 10.0 Å². The Morgan fingerprint density at radius 1 is 1.03 bits per heavy atom. The highest BCUT2D eigenvalue weighted by molar-refractivity contribution is 7.91. The van der Waals surface area contributed by atoms with Crippen LogP contribution in [0.1, 0.15) is 74.7 Å². The normalized spacial score (nSPS) is 20.5. The zero-order valence-electron chi connectivity index (χ0n) is 34.9. The lowest BCUT2D eigenvalue weighted by molar-refractivity contribution is -0.386. The number of nitrogens with two attached hydrogens (primary N) is 1. The predicted molar refractivity (Wildman–Crippen MR) is 239 cm³/mol. The van der Waals surface area contributed by atoms with Gasteiger partial charge in [-0.15, -0.1) is 0 Å². The number of halogens is 1. The molecule has 2 fully saturated rings. The quantitative estimate of drug-likeness (QED) is 0.0586. The van der Waals surface area contributed by atoms with Gasteiger partial charge >= 0.3 is 15.7 Å². The number of aromatic nitrogens is 2. The number of nitrogens with one attached hydrogen (secondary N) is 1. The summed E-state index contributed by atoms with van der Waals surface area (Å²) in [5.41, 5.74) is 10.2. The lowest BCUT2D eigenvalue weighted by Gasteiger charge is -2.43. The van der Waals surface area contributed by atoms with E-state index in [1.807, 2.05) is 18.2 Å². The Bertz CT molecular complexity index is 2630. The maximum Gasteiger partial charge on any atom is 0.332 e. The Kier molecular flexibility index (Phi) is 12.2. The molecule has 16 heteroatoms. The number of primary amides is 1. The summed E-state index contributed by atoms with van der Waals surface area (Å²) >= 11 is 6.27. The molecular formula is C46H52ClN6O8S+. The minimum absolute atomic E-state index is 0.0219. The number of hydrogen-bond donors (Lipinski definition) is 3. The molecule has 0 atom stereocenters. The number of nitro groups is 1. The van der Waals surface area contributed by atoms with Crippen molar-refractivity contribution in [1.29, 1.82) is 0 Å². The number of sulfonamides is 1. The van der Waals surface area contributed by atoms with Crippen molar-refractivity contribution < 1.29 is 32.7 Å². The van der Waals surface area contributed by atoms with Gasteiger partial charge in [0.15, 0.2) is 11.4 Å². The van der Waals surface area contributed by atoms with E-state index in [-0.39, 0.29) is 59.1 Å². The van der Waals surface area contributed by atoms with E-state index in [1.165, 1.54) is 41.6 Å². The molecule has 2 aromatic heterocycles. The van der Waals surface area contributed by atoms with Crippen LogP contribution in [0.2, 0.25) is 5.02 Å². The summed E-state index contributed by atoms with van der Waals surface area (Å²) in [5, 5.41) is 23.9. The molecule has 3 heterocycles. The van der Waals surface area contributed by atoms with Crippen molar-refractivity contribution in [2.24, 2.45) is 17.1 Å². The largest absolute Gasteiger partial charge is 0.487 e. The minimum atomic E-state index is -4.45. The average Bonchev–Trinajstić information content (AvgIpc) is 3.72. The van der Waals surface area contributed by atoms with Gasteiger partial charge in [-0.05, 0) is 110 Å². The van der Waals surface area contributed by atoms with Crippen molar-refractivity contribution in [3.63, 3.8) is 0 Å². The number of aliphatic hydroxyl groups is 1. The molecule has 62 heavy (non-hydrogen) atoms. The van der Waals surface area contributed by atoms with Crippen LogP contribution in [0.4, 0.5) is 11.4 Å². The monoisotopic (exact) mass is 883 g/mol. The van der Waals surface area contributed by atoms with Gasteiger partial charge in [-0.2, -0.15) is 12.3 Å². The number of carbonyl (C=O) groups is 1. The Labute approximate surface area is 366 Å². The maximum absolute atomic E-state index is 15.4. The van der Waals surface area contributed by atoms with E-state index in [0.29, 0.717) is 54.6 Å². The van der Waals surface area contributed by atoms with Crippen LogP contribution < -0.4 is 19.1 Å². The molecule has 1 saturated carbocycles. The summed E-state index contributed by atoms with van der Waals surface area (Å²) in [7, 11) is -4.45. The number of pyridine rings is 1. The molecule has 3 aliphatic rings. The molecule has 8 rings (SSSR count). The van der Waals surface area contributed by atoms with Gasteiger partial charge < -0.3 is 25.3 Å². The number of nitrogens with zero attached hydrogens (tertiary/aromatic N) is 4. The zero-order valence-corrected chi connectivity index (χ0v) is 36.5. The van der Waals surface area contributed by atoms with E-state index in [0.717, 1.165) is 49.1 Å². The maximum atomic E-state index is 15.4. The van der Waals surface area contributed by atoms with Crippen LogP contribution in [0.5, 0.6) is 17.2 Å². The van der Waals surface area contributed by atoms with Gasteiger partial charge in [-0.3, -0.25) is 19.8 Å². The van der Waals surface area contributed by atoms with Crippen LogP contribution in [0.15, 0.2) is 95.7 Å². The highest BCUT2D eigenvalue weighted by atomic mass is 35.5. The van der Waals surface area contributed by atoms with Crippen LogP contribution in [-0.4, -0.2) is 84.7 Å². The van der Waals surface area contributed by atoms with Crippen LogP contribution in [0.3, 0.4) is 0 Å². The van der Waals surface area contributed by atoms with E-state index < -0.39 is 30.4 Å². The van der Waals surface area contributed by atoms with Crippen LogP contribution in [0, 0.1) is 21.4 Å². The molecule has 0 unspecified atom stereocenters. The summed E-state index contributed by atoms with van der Waals surface area (Å²) < 4.78 is 42.4. The number of aliphatic hydroxyl groups excluding tert-OH is 1. The molecular weight excluding hydrogens is 832 g/mol. The standard InChI is InChI=1S/C46H51ClN6O8S/c1-46(2)17-15-33(40(26-46)31-5-7-34(47)8-6-31)28-51-19-21-53(22-20-51,35-9-13-39(44(48)55)43(24-35)61-37-23-32-16-18-49-45(32)50-27-37)62(58,59)38-12-14-42(41(25-38)52(56)57)60-29-30-3-10-36(54)11-4-30/h5-9,12-14,16,18,23-25,27,30,36,54H,3-4,10-11,15,17,19-22,26,28-29H2,1-2H3,(H2-,48,49,50,55)/p+1. The second-order valence-electron chi connectivity index (χ2n) is 17.6. The van der Waals surface area contributed by atoms with Crippen LogP contribution >= 0.6 is 11.6 Å². The smallest absolute Gasteiger partial charge is 0.332 e. The van der Waals surface area contributed by atoms with Gasteiger partial charge in [0, 0.05) is 54.4 Å². The number of nitro benzene ring substituents is 1. The summed E-state index contributed by atoms with van der Waals surface area (Å²) in [5.74, 6) is -0.310. The number of fused-ring (bicyclic) bond motifs is 1. The molecule has 326 valence electrons. The van der Waals surface area contributed by atoms with E-state index in [1.54, 1.807) is 18.3 Å². The number of ether oxygens (including phenoxy) is 2. The minimum Gasteiger partial charge on any atom is -0.487 e. The fourth-order valence-electron chi connectivity index (χ4n) is 9.16. The topological polar surface area (TPSA) is 191 Å². The van der Waals surface area contributed by atoms with Crippen molar-refractivity contribution >= 4 is 55.5 Å². The van der Waals surface area contributed by atoms with Gasteiger partial charge in [0.2, 0.25) is 0 Å². The van der Waals surface area contributed by atoms with Gasteiger partial charge in [-0.25, -0.2) is 4.98 Å². The van der Waals surface area contributed by atoms with E-state index in [2.05, 4.69) is 40.8 Å². The number of benzene rings is 3. The third-order valence-electron chi connectivity index (χ3n) is 12.8. The Morgan fingerprint density at radius 3 is 2.48 bits per heavy atom. The molecule has 14 nitrogen and oxygen atoms in total. The fraction of sp³-hybridized carbons (Fsp3) is 0.391. The lowest BCUT2D eigenvalue weighted by atomic mass is 9.72. The van der Waals surface area contributed by atoms with Crippen LogP contribution in [0.25, 0.3) is 16.6 Å². The van der Waals surface area contributed by atoms with Gasteiger partial charge in [0.05, 0.1) is 29.4 Å². The lowest BCUT2D eigenvalue weighted by Crippen LogP contribution is -2.63. The average molecular weight is 884 g/mol. The Balaban J connectivity index is 1.16. The number of quaternary nitrogens is 1. The van der Waals surface area contributed by atoms with E-state index in [9.17, 15) is 20.0 Å². The van der Waals surface area contributed by atoms with Gasteiger partial charge in [0.25, 0.3) is 5.91 Å². The van der Waals surface area contributed by atoms with Crippen molar-refractivity contribution in [2.45, 2.75) is 69.8 Å². The van der Waals surface area contributed by atoms with Crippen molar-refractivity contribution in [3.8, 4) is 17.2 Å². The molecule has 1 aliphatic heterocycles. The first-order valence-corrected chi connectivity index (χ1v) is 22.9. The zero-order chi connectivity index (χ0) is 43.8. The number of aromatic amines is 1. The third kappa shape index (κ3) is 8.95. The first-order chi connectivity index (χ1) is 29.6. The SMILES string of the molecule is CC1(C)CCC(CN2CC[N+](c3ccc(C(N)=O)c(Oc4cnc5[nH]ccc5c4)c3)(S(=O)(=O)c3ccc(OCC4CCC(O)CC4)c([N+](=O)[O-])c3)CC2)=C(c2ccc(Cl)cc2)C1. The van der Waals surface area contributed by atoms with Crippen molar-refractivity contribution in [2.75, 3.05) is 39.3 Å². The number of carbonyl (C=O) groups excluding carboxylic acids is 1. The van der Waals surface area contributed by atoms with Crippen molar-refractivity contribution in [3.05, 3.63) is 117 Å². The fourth-order valence-corrected chi connectivity index (χ4v) is 11.2.